The van der Waals surface area contributed by atoms with Crippen LogP contribution in [0.25, 0.3) is 10.9 Å². The average molecular weight is 371 g/mol. The van der Waals surface area contributed by atoms with Crippen LogP contribution < -0.4 is 11.0 Å². The van der Waals surface area contributed by atoms with E-state index < -0.39 is 0 Å². The minimum absolute atomic E-state index is 0.176. The lowest BCUT2D eigenvalue weighted by Gasteiger charge is -2.19. The van der Waals surface area contributed by atoms with Crippen molar-refractivity contribution in [3.8, 4) is 0 Å². The smallest absolute Gasteiger partial charge is 0.281 e. The van der Waals surface area contributed by atoms with Gasteiger partial charge in [-0.3, -0.25) is 15.0 Å². The molecule has 0 radical (unpaired) electrons. The molecule has 0 unspecified atom stereocenters. The third-order valence-electron chi connectivity index (χ3n) is 4.66. The molecule has 2 N–H and O–H groups in total. The van der Waals surface area contributed by atoms with Gasteiger partial charge in [-0.1, -0.05) is 19.1 Å². The fourth-order valence-corrected chi connectivity index (χ4v) is 4.78. The summed E-state index contributed by atoms with van der Waals surface area (Å²) in [6.45, 7) is 2.23. The number of para-hydroxylation sites is 1. The Morgan fingerprint density at radius 2 is 2.20 bits per heavy atom. The van der Waals surface area contributed by atoms with E-state index in [0.29, 0.717) is 22.4 Å². The second-order valence-electron chi connectivity index (χ2n) is 6.46. The van der Waals surface area contributed by atoms with Gasteiger partial charge in [-0.05, 0) is 55.1 Å². The van der Waals surface area contributed by atoms with Crippen LogP contribution in [0.4, 0.5) is 0 Å². The van der Waals surface area contributed by atoms with E-state index in [2.05, 4.69) is 17.3 Å². The summed E-state index contributed by atoms with van der Waals surface area (Å²) in [5.41, 5.74) is 4.77. The van der Waals surface area contributed by atoms with Crippen molar-refractivity contribution in [2.24, 2.45) is 5.92 Å². The Labute approximate surface area is 153 Å². The summed E-state index contributed by atoms with van der Waals surface area (Å²) < 4.78 is 1.30. The Morgan fingerprint density at radius 3 is 3.04 bits per heavy atom. The summed E-state index contributed by atoms with van der Waals surface area (Å²) in [6.07, 6.45) is 3.01. The van der Waals surface area contributed by atoms with Crippen LogP contribution in [0.2, 0.25) is 0 Å². The van der Waals surface area contributed by atoms with E-state index in [1.165, 1.54) is 4.88 Å². The molecule has 2 heterocycles. The third kappa shape index (κ3) is 2.83. The summed E-state index contributed by atoms with van der Waals surface area (Å²) in [4.78, 5) is 29.7. The topological polar surface area (TPSA) is 66.9 Å². The maximum absolute atomic E-state index is 12.7. The number of carbonyl (C=O) groups excluding carboxylic acids is 1. The van der Waals surface area contributed by atoms with Crippen LogP contribution in [0.1, 0.15) is 34.1 Å². The lowest BCUT2D eigenvalue weighted by atomic mass is 9.88. The molecule has 5 nitrogen and oxygen atoms in total. The van der Waals surface area contributed by atoms with Gasteiger partial charge in [-0.2, -0.15) is 4.68 Å². The second-order valence-corrected chi connectivity index (χ2v) is 7.81. The highest BCUT2D eigenvalue weighted by atomic mass is 32.1. The van der Waals surface area contributed by atoms with Crippen LogP contribution >= 0.6 is 23.6 Å². The van der Waals surface area contributed by atoms with E-state index in [9.17, 15) is 9.59 Å². The van der Waals surface area contributed by atoms with Crippen molar-refractivity contribution in [1.82, 2.24) is 9.66 Å². The highest BCUT2D eigenvalue weighted by Gasteiger charge is 2.23. The summed E-state index contributed by atoms with van der Waals surface area (Å²) >= 11 is 6.87. The predicted molar refractivity (Wildman–Crippen MR) is 103 cm³/mol. The number of aromatic amines is 1. The lowest BCUT2D eigenvalue weighted by Crippen LogP contribution is -2.34. The van der Waals surface area contributed by atoms with Crippen molar-refractivity contribution in [1.29, 1.82) is 0 Å². The first kappa shape index (κ1) is 16.2. The number of hydrogen-bond acceptors (Lipinski definition) is 4. The summed E-state index contributed by atoms with van der Waals surface area (Å²) in [7, 11) is 0. The van der Waals surface area contributed by atoms with Crippen LogP contribution in [0.15, 0.2) is 34.4 Å². The lowest BCUT2D eigenvalue weighted by molar-refractivity contribution is 0.101. The van der Waals surface area contributed by atoms with E-state index in [1.54, 1.807) is 29.5 Å². The molecule has 25 heavy (non-hydrogen) atoms. The number of H-pyrrole nitrogens is 1. The number of aromatic nitrogens is 2. The molecule has 0 spiro atoms. The quantitative estimate of drug-likeness (QED) is 0.676. The van der Waals surface area contributed by atoms with Crippen LogP contribution in [-0.4, -0.2) is 15.6 Å². The number of rotatable bonds is 2. The summed E-state index contributed by atoms with van der Waals surface area (Å²) in [5, 5.41) is 2.37. The molecule has 1 aromatic carbocycles. The molecule has 0 aliphatic heterocycles. The van der Waals surface area contributed by atoms with Gasteiger partial charge in [0.05, 0.1) is 16.5 Å². The molecule has 128 valence electrons. The molecule has 0 saturated carbocycles. The molecular formula is C18H17N3O2S2. The first-order valence-electron chi connectivity index (χ1n) is 8.19. The predicted octanol–water partition coefficient (Wildman–Crippen LogP) is 3.63. The number of amides is 1. The standard InChI is InChI=1S/C18H17N3O2S2/c1-10-6-7-11-13(9-25-15(11)8-10)16(22)20-21-17(23)12-4-2-3-5-14(12)19-18(21)24/h2-5,9-10H,6-8H2,1H3,(H,19,24)(H,20,22)/t10-/m1/s1. The third-order valence-corrected chi connectivity index (χ3v) is 6.00. The molecule has 1 aliphatic rings. The van der Waals surface area contributed by atoms with Crippen LogP contribution in [0.5, 0.6) is 0 Å². The van der Waals surface area contributed by atoms with Gasteiger partial charge < -0.3 is 4.98 Å². The molecule has 0 bridgehead atoms. The molecule has 0 fully saturated rings. The molecule has 1 atom stereocenters. The van der Waals surface area contributed by atoms with Gasteiger partial charge in [0.2, 0.25) is 0 Å². The van der Waals surface area contributed by atoms with E-state index in [-0.39, 0.29) is 16.2 Å². The SMILES string of the molecule is C[C@@H]1CCc2c(C(=O)Nn3c(=S)[nH]c4ccccc4c3=O)csc2C1. The largest absolute Gasteiger partial charge is 0.330 e. The van der Waals surface area contributed by atoms with Gasteiger partial charge in [-0.25, -0.2) is 0 Å². The highest BCUT2D eigenvalue weighted by molar-refractivity contribution is 7.71. The molecule has 4 rings (SSSR count). The van der Waals surface area contributed by atoms with Gasteiger partial charge in [0.15, 0.2) is 4.77 Å². The Morgan fingerprint density at radius 1 is 1.40 bits per heavy atom. The van der Waals surface area contributed by atoms with Crippen LogP contribution in [0.3, 0.4) is 0 Å². The van der Waals surface area contributed by atoms with Gasteiger partial charge in [0.1, 0.15) is 0 Å². The highest BCUT2D eigenvalue weighted by Crippen LogP contribution is 2.32. The molecular weight excluding hydrogens is 354 g/mol. The maximum atomic E-state index is 12.7. The van der Waals surface area contributed by atoms with E-state index in [1.807, 2.05) is 11.4 Å². The van der Waals surface area contributed by atoms with Crippen molar-refractivity contribution in [2.45, 2.75) is 26.2 Å². The molecule has 3 aromatic rings. The zero-order valence-corrected chi connectivity index (χ0v) is 15.3. The Kier molecular flexibility index (Phi) is 4.05. The number of benzene rings is 1. The minimum Gasteiger partial charge on any atom is -0.330 e. The number of fused-ring (bicyclic) bond motifs is 2. The molecule has 2 aromatic heterocycles. The Bertz CT molecular complexity index is 1090. The monoisotopic (exact) mass is 371 g/mol. The van der Waals surface area contributed by atoms with E-state index >= 15 is 0 Å². The van der Waals surface area contributed by atoms with Crippen molar-refractivity contribution < 1.29 is 4.79 Å². The Balaban J connectivity index is 1.72. The summed E-state index contributed by atoms with van der Waals surface area (Å²) in [5.74, 6) is 0.364. The van der Waals surface area contributed by atoms with Crippen molar-refractivity contribution in [2.75, 3.05) is 5.43 Å². The van der Waals surface area contributed by atoms with Gasteiger partial charge >= 0.3 is 0 Å². The van der Waals surface area contributed by atoms with Crippen LogP contribution in [-0.2, 0) is 12.8 Å². The fourth-order valence-electron chi connectivity index (χ4n) is 3.29. The van der Waals surface area contributed by atoms with E-state index in [0.717, 1.165) is 29.5 Å². The van der Waals surface area contributed by atoms with Gasteiger partial charge in [0, 0.05) is 10.3 Å². The number of nitrogens with one attached hydrogen (secondary N) is 2. The fraction of sp³-hybridized carbons (Fsp3) is 0.278. The van der Waals surface area contributed by atoms with Crippen molar-refractivity contribution in [3.05, 3.63) is 60.8 Å². The van der Waals surface area contributed by atoms with Gasteiger partial charge in [-0.15, -0.1) is 11.3 Å². The zero-order valence-electron chi connectivity index (χ0n) is 13.7. The number of thiophene rings is 1. The zero-order chi connectivity index (χ0) is 17.6. The second kappa shape index (κ2) is 6.24. The molecule has 1 aliphatic carbocycles. The number of nitrogens with zero attached hydrogens (tertiary/aromatic N) is 1. The average Bonchev–Trinajstić information content (AvgIpc) is 3.01. The maximum Gasteiger partial charge on any atom is 0.281 e. The number of hydrogen-bond donors (Lipinski definition) is 2. The first-order valence-corrected chi connectivity index (χ1v) is 9.48. The minimum atomic E-state index is -0.328. The Hall–Kier alpha value is -2.25. The van der Waals surface area contributed by atoms with Crippen LogP contribution in [0, 0.1) is 10.7 Å². The van der Waals surface area contributed by atoms with Crippen molar-refractivity contribution >= 4 is 40.4 Å². The summed E-state index contributed by atoms with van der Waals surface area (Å²) in [6, 6.07) is 7.10. The normalized spacial score (nSPS) is 16.6. The molecule has 1 amide bonds. The molecule has 0 saturated heterocycles. The van der Waals surface area contributed by atoms with E-state index in [4.69, 9.17) is 12.2 Å². The van der Waals surface area contributed by atoms with Gasteiger partial charge in [0.25, 0.3) is 11.5 Å². The first-order chi connectivity index (χ1) is 12.0. The van der Waals surface area contributed by atoms with Crippen molar-refractivity contribution in [3.63, 3.8) is 0 Å². The number of carbonyl (C=O) groups is 1. The molecule has 7 heteroatoms.